The third kappa shape index (κ3) is 6.97. The van der Waals surface area contributed by atoms with Crippen LogP contribution in [0.1, 0.15) is 56.7 Å². The first-order valence-electron chi connectivity index (χ1n) is 13.9. The first-order chi connectivity index (χ1) is 20.0. The summed E-state index contributed by atoms with van der Waals surface area (Å²) in [5.74, 6) is 1.21. The van der Waals surface area contributed by atoms with E-state index in [1.165, 1.54) is 30.7 Å². The SMILES string of the molecule is CCCCCCOc1ccc(C2C(C(=O)Nc3ccccc3)=C(C)Nc3nc(SCc4ccccc4F)nn32)cc1. The van der Waals surface area contributed by atoms with E-state index in [1.807, 2.05) is 67.6 Å². The summed E-state index contributed by atoms with van der Waals surface area (Å²) in [4.78, 5) is 18.4. The van der Waals surface area contributed by atoms with Crippen molar-refractivity contribution in [3.05, 3.63) is 107 Å². The second-order valence-electron chi connectivity index (χ2n) is 9.91. The normalized spacial score (nSPS) is 14.4. The highest BCUT2D eigenvalue weighted by molar-refractivity contribution is 7.98. The molecule has 1 aliphatic heterocycles. The zero-order valence-electron chi connectivity index (χ0n) is 23.3. The molecule has 0 saturated carbocycles. The largest absolute Gasteiger partial charge is 0.494 e. The van der Waals surface area contributed by atoms with Crippen LogP contribution in [-0.2, 0) is 10.5 Å². The van der Waals surface area contributed by atoms with Crippen LogP contribution in [0.3, 0.4) is 0 Å². The van der Waals surface area contributed by atoms with Gasteiger partial charge < -0.3 is 15.4 Å². The maximum Gasteiger partial charge on any atom is 0.255 e. The van der Waals surface area contributed by atoms with E-state index in [2.05, 4.69) is 22.5 Å². The highest BCUT2D eigenvalue weighted by Gasteiger charge is 2.34. The van der Waals surface area contributed by atoms with E-state index in [0.29, 0.717) is 46.0 Å². The summed E-state index contributed by atoms with van der Waals surface area (Å²) in [5.41, 5.74) is 3.38. The van der Waals surface area contributed by atoms with E-state index in [1.54, 1.807) is 16.8 Å². The lowest BCUT2D eigenvalue weighted by molar-refractivity contribution is -0.113. The lowest BCUT2D eigenvalue weighted by atomic mass is 9.95. The van der Waals surface area contributed by atoms with Crippen molar-refractivity contribution in [2.75, 3.05) is 17.2 Å². The number of aromatic nitrogens is 3. The number of amides is 1. The van der Waals surface area contributed by atoms with Gasteiger partial charge in [0.25, 0.3) is 5.91 Å². The quantitative estimate of drug-likeness (QED) is 0.135. The molecule has 0 radical (unpaired) electrons. The number of allylic oxidation sites excluding steroid dienone is 1. The third-order valence-electron chi connectivity index (χ3n) is 6.89. The zero-order valence-corrected chi connectivity index (χ0v) is 24.1. The summed E-state index contributed by atoms with van der Waals surface area (Å²) in [6.45, 7) is 4.73. The van der Waals surface area contributed by atoms with Crippen LogP contribution in [0, 0.1) is 5.82 Å². The number of carbonyl (C=O) groups is 1. The summed E-state index contributed by atoms with van der Waals surface area (Å²) in [7, 11) is 0. The number of anilines is 2. The summed E-state index contributed by atoms with van der Waals surface area (Å²) in [6.07, 6.45) is 4.56. The highest BCUT2D eigenvalue weighted by atomic mass is 32.2. The molecule has 1 atom stereocenters. The number of nitrogens with one attached hydrogen (secondary N) is 2. The van der Waals surface area contributed by atoms with Gasteiger partial charge in [-0.05, 0) is 54.8 Å². The average molecular weight is 572 g/mol. The second kappa shape index (κ2) is 13.5. The van der Waals surface area contributed by atoms with E-state index in [-0.39, 0.29) is 11.7 Å². The van der Waals surface area contributed by atoms with Crippen LogP contribution in [0.25, 0.3) is 0 Å². The Morgan fingerprint density at radius 3 is 2.54 bits per heavy atom. The molecule has 1 unspecified atom stereocenters. The van der Waals surface area contributed by atoms with E-state index >= 15 is 0 Å². The van der Waals surface area contributed by atoms with Gasteiger partial charge >= 0.3 is 0 Å². The van der Waals surface area contributed by atoms with Crippen LogP contribution < -0.4 is 15.4 Å². The van der Waals surface area contributed by atoms with Crippen LogP contribution in [0.2, 0.25) is 0 Å². The Morgan fingerprint density at radius 2 is 1.78 bits per heavy atom. The molecule has 2 heterocycles. The molecular weight excluding hydrogens is 537 g/mol. The molecule has 5 rings (SSSR count). The highest BCUT2D eigenvalue weighted by Crippen LogP contribution is 2.37. The smallest absolute Gasteiger partial charge is 0.255 e. The molecular formula is C32H34FN5O2S. The van der Waals surface area contributed by atoms with Crippen LogP contribution in [0.4, 0.5) is 16.0 Å². The number of rotatable bonds is 12. The Bertz CT molecular complexity index is 1500. The molecule has 2 N–H and O–H groups in total. The maximum atomic E-state index is 14.2. The van der Waals surface area contributed by atoms with Crippen molar-refractivity contribution >= 4 is 29.3 Å². The Balaban J connectivity index is 1.42. The number of ether oxygens (including phenoxy) is 1. The van der Waals surface area contributed by atoms with Gasteiger partial charge in [0.2, 0.25) is 11.1 Å². The fourth-order valence-corrected chi connectivity index (χ4v) is 5.55. The summed E-state index contributed by atoms with van der Waals surface area (Å²) >= 11 is 1.35. The Labute approximate surface area is 244 Å². The Hall–Kier alpha value is -4.11. The first-order valence-corrected chi connectivity index (χ1v) is 14.9. The Morgan fingerprint density at radius 1 is 1.02 bits per heavy atom. The van der Waals surface area contributed by atoms with E-state index in [4.69, 9.17) is 9.84 Å². The number of unbranched alkanes of at least 4 members (excludes halogenated alkanes) is 3. The van der Waals surface area contributed by atoms with Crippen molar-refractivity contribution in [2.45, 2.75) is 56.5 Å². The predicted molar refractivity (Wildman–Crippen MR) is 162 cm³/mol. The number of nitrogens with zero attached hydrogens (tertiary/aromatic N) is 3. The standard InChI is InChI=1S/C32H34FN5O2S/c1-3-4-5-11-20-40-26-18-16-23(17-19-26)29-28(30(39)35-25-13-7-6-8-14-25)22(2)34-31-36-32(37-38(29)31)41-21-24-12-9-10-15-27(24)33/h6-10,12-19,29H,3-5,11,20-21H2,1-2H3,(H,35,39)(H,34,36,37). The second-order valence-corrected chi connectivity index (χ2v) is 10.8. The summed E-state index contributed by atoms with van der Waals surface area (Å²) < 4.78 is 21.9. The molecule has 9 heteroatoms. The monoisotopic (exact) mass is 571 g/mol. The van der Waals surface area contributed by atoms with Gasteiger partial charge in [-0.15, -0.1) is 5.10 Å². The topological polar surface area (TPSA) is 81.1 Å². The molecule has 212 valence electrons. The molecule has 3 aromatic carbocycles. The van der Waals surface area contributed by atoms with Gasteiger partial charge in [0.1, 0.15) is 17.6 Å². The van der Waals surface area contributed by atoms with E-state index in [0.717, 1.165) is 24.2 Å². The van der Waals surface area contributed by atoms with E-state index in [9.17, 15) is 9.18 Å². The van der Waals surface area contributed by atoms with Gasteiger partial charge in [-0.3, -0.25) is 4.79 Å². The molecule has 0 fully saturated rings. The van der Waals surface area contributed by atoms with Gasteiger partial charge in [0.15, 0.2) is 0 Å². The van der Waals surface area contributed by atoms with Gasteiger partial charge in [-0.25, -0.2) is 9.07 Å². The molecule has 1 amide bonds. The zero-order chi connectivity index (χ0) is 28.6. The number of hydrogen-bond acceptors (Lipinski definition) is 6. The molecule has 4 aromatic rings. The Kier molecular flexibility index (Phi) is 9.36. The number of carbonyl (C=O) groups excluding carboxylic acids is 1. The van der Waals surface area contributed by atoms with Crippen molar-refractivity contribution in [2.24, 2.45) is 0 Å². The lowest BCUT2D eigenvalue weighted by Gasteiger charge is -2.28. The third-order valence-corrected chi connectivity index (χ3v) is 7.77. The molecule has 1 aromatic heterocycles. The minimum absolute atomic E-state index is 0.232. The summed E-state index contributed by atoms with van der Waals surface area (Å²) in [5, 5.41) is 11.5. The lowest BCUT2D eigenvalue weighted by Crippen LogP contribution is -2.31. The number of fused-ring (bicyclic) bond motifs is 1. The van der Waals surface area contributed by atoms with Gasteiger partial charge in [0.05, 0.1) is 12.2 Å². The van der Waals surface area contributed by atoms with Crippen LogP contribution >= 0.6 is 11.8 Å². The molecule has 41 heavy (non-hydrogen) atoms. The van der Waals surface area contributed by atoms with Crippen molar-refractivity contribution in [3.63, 3.8) is 0 Å². The average Bonchev–Trinajstić information content (AvgIpc) is 3.39. The fraction of sp³-hybridized carbons (Fsp3) is 0.281. The van der Waals surface area contributed by atoms with Crippen molar-refractivity contribution < 1.29 is 13.9 Å². The van der Waals surface area contributed by atoms with Gasteiger partial charge in [-0.2, -0.15) is 4.98 Å². The van der Waals surface area contributed by atoms with Gasteiger partial charge in [0, 0.05) is 17.1 Å². The molecule has 1 aliphatic rings. The minimum Gasteiger partial charge on any atom is -0.494 e. The van der Waals surface area contributed by atoms with Gasteiger partial charge in [-0.1, -0.05) is 86.5 Å². The number of hydrogen-bond donors (Lipinski definition) is 2. The van der Waals surface area contributed by atoms with Crippen molar-refractivity contribution in [1.82, 2.24) is 14.8 Å². The number of para-hydroxylation sites is 1. The van der Waals surface area contributed by atoms with Crippen LogP contribution in [0.5, 0.6) is 5.75 Å². The number of thioether (sulfide) groups is 1. The van der Waals surface area contributed by atoms with Crippen LogP contribution in [-0.4, -0.2) is 27.3 Å². The predicted octanol–water partition coefficient (Wildman–Crippen LogP) is 7.60. The minimum atomic E-state index is -0.524. The van der Waals surface area contributed by atoms with Crippen molar-refractivity contribution in [1.29, 1.82) is 0 Å². The summed E-state index contributed by atoms with van der Waals surface area (Å²) in [6, 6.07) is 23.3. The first kappa shape index (κ1) is 28.4. The van der Waals surface area contributed by atoms with E-state index < -0.39 is 6.04 Å². The molecule has 0 spiro atoms. The number of halogens is 1. The maximum absolute atomic E-state index is 14.2. The van der Waals surface area contributed by atoms with Crippen LogP contribution in [0.15, 0.2) is 95.3 Å². The van der Waals surface area contributed by atoms with Crippen molar-refractivity contribution in [3.8, 4) is 5.75 Å². The molecule has 7 nitrogen and oxygen atoms in total. The molecule has 0 bridgehead atoms. The number of benzene rings is 3. The molecule has 0 aliphatic carbocycles. The fourth-order valence-electron chi connectivity index (χ4n) is 4.74. The molecule has 0 saturated heterocycles.